The molecule has 2 rings (SSSR count). The number of nitrogens with two attached hydrogens (primary N) is 1. The van der Waals surface area contributed by atoms with Crippen LogP contribution in [0.4, 0.5) is 0 Å². The van der Waals surface area contributed by atoms with Crippen LogP contribution >= 0.6 is 0 Å². The number of hydrogen-bond donors (Lipinski definition) is 2. The monoisotopic (exact) mass is 300 g/mol. The largest absolute Gasteiger partial charge is 0.496 e. The maximum absolute atomic E-state index is 12.3. The van der Waals surface area contributed by atoms with Crippen molar-refractivity contribution < 1.29 is 4.74 Å². The standard InChI is InChI=1S/C16H20N4O2/c1-3-4-9-20-16(21)12(15(17)18)10-13(19-20)11-7-5-6-8-14(11)22-2/h5-8,10H,3-4,9H2,1-2H3,(H3,17,18). The predicted octanol–water partition coefficient (Wildman–Crippen LogP) is 2.00. The third kappa shape index (κ3) is 3.16. The molecular weight excluding hydrogens is 280 g/mol. The Labute approximate surface area is 129 Å². The Bertz CT molecular complexity index is 737. The van der Waals surface area contributed by atoms with E-state index in [1.165, 1.54) is 4.68 Å². The van der Waals surface area contributed by atoms with Crippen LogP contribution in [-0.4, -0.2) is 22.7 Å². The molecule has 0 atom stereocenters. The number of hydrogen-bond acceptors (Lipinski definition) is 4. The summed E-state index contributed by atoms with van der Waals surface area (Å²) < 4.78 is 6.72. The highest BCUT2D eigenvalue weighted by Crippen LogP contribution is 2.27. The molecule has 0 aliphatic heterocycles. The van der Waals surface area contributed by atoms with Gasteiger partial charge in [0.15, 0.2) is 0 Å². The first-order valence-corrected chi connectivity index (χ1v) is 7.18. The Kier molecular flexibility index (Phi) is 4.93. The lowest BCUT2D eigenvalue weighted by molar-refractivity contribution is 0.416. The summed E-state index contributed by atoms with van der Waals surface area (Å²) in [5.74, 6) is 0.402. The Balaban J connectivity index is 2.63. The average molecular weight is 300 g/mol. The number of aromatic nitrogens is 2. The van der Waals surface area contributed by atoms with Crippen LogP contribution in [0.1, 0.15) is 25.3 Å². The Morgan fingerprint density at radius 1 is 1.41 bits per heavy atom. The van der Waals surface area contributed by atoms with Crippen LogP contribution in [0.3, 0.4) is 0 Å². The SMILES string of the molecule is CCCCn1nc(-c2ccccc2OC)cc(C(=N)N)c1=O. The fourth-order valence-corrected chi connectivity index (χ4v) is 2.18. The van der Waals surface area contributed by atoms with Crippen LogP contribution in [0.2, 0.25) is 0 Å². The van der Waals surface area contributed by atoms with Crippen molar-refractivity contribution in [1.82, 2.24) is 9.78 Å². The van der Waals surface area contributed by atoms with E-state index >= 15 is 0 Å². The van der Waals surface area contributed by atoms with E-state index in [0.29, 0.717) is 18.0 Å². The van der Waals surface area contributed by atoms with Crippen molar-refractivity contribution in [2.75, 3.05) is 7.11 Å². The van der Waals surface area contributed by atoms with Crippen molar-refractivity contribution in [3.05, 3.63) is 46.2 Å². The van der Waals surface area contributed by atoms with Gasteiger partial charge in [-0.05, 0) is 24.6 Å². The summed E-state index contributed by atoms with van der Waals surface area (Å²) in [7, 11) is 1.58. The summed E-state index contributed by atoms with van der Waals surface area (Å²) in [4.78, 5) is 12.3. The molecule has 2 aromatic rings. The number of methoxy groups -OCH3 is 1. The van der Waals surface area contributed by atoms with Crippen LogP contribution in [0.15, 0.2) is 35.1 Å². The summed E-state index contributed by atoms with van der Waals surface area (Å²) in [5.41, 5.74) is 6.70. The van der Waals surface area contributed by atoms with Gasteiger partial charge < -0.3 is 10.5 Å². The highest BCUT2D eigenvalue weighted by molar-refractivity contribution is 5.95. The smallest absolute Gasteiger partial charge is 0.277 e. The van der Waals surface area contributed by atoms with Crippen molar-refractivity contribution in [3.8, 4) is 17.0 Å². The second kappa shape index (κ2) is 6.89. The lowest BCUT2D eigenvalue weighted by atomic mass is 10.1. The van der Waals surface area contributed by atoms with Gasteiger partial charge in [0.25, 0.3) is 5.56 Å². The van der Waals surface area contributed by atoms with E-state index in [4.69, 9.17) is 15.9 Å². The zero-order valence-electron chi connectivity index (χ0n) is 12.8. The molecule has 0 radical (unpaired) electrons. The highest BCUT2D eigenvalue weighted by atomic mass is 16.5. The minimum atomic E-state index is -0.334. The minimum Gasteiger partial charge on any atom is -0.496 e. The van der Waals surface area contributed by atoms with Gasteiger partial charge in [0.1, 0.15) is 11.6 Å². The number of ether oxygens (including phenoxy) is 1. The van der Waals surface area contributed by atoms with Gasteiger partial charge in [-0.2, -0.15) is 5.10 Å². The predicted molar refractivity (Wildman–Crippen MR) is 86.4 cm³/mol. The van der Waals surface area contributed by atoms with Crippen LogP contribution in [0.25, 0.3) is 11.3 Å². The number of unbranched alkanes of at least 4 members (excludes halogenated alkanes) is 1. The van der Waals surface area contributed by atoms with Crippen molar-refractivity contribution >= 4 is 5.84 Å². The highest BCUT2D eigenvalue weighted by Gasteiger charge is 2.14. The van der Waals surface area contributed by atoms with Crippen LogP contribution < -0.4 is 16.0 Å². The first-order valence-electron chi connectivity index (χ1n) is 7.18. The fraction of sp³-hybridized carbons (Fsp3) is 0.312. The zero-order chi connectivity index (χ0) is 16.1. The first kappa shape index (κ1) is 15.8. The minimum absolute atomic E-state index is 0.159. The topological polar surface area (TPSA) is 94.0 Å². The second-order valence-electron chi connectivity index (χ2n) is 4.94. The molecule has 1 heterocycles. The number of aryl methyl sites for hydroxylation is 1. The van der Waals surface area contributed by atoms with Gasteiger partial charge in [0.05, 0.1) is 18.4 Å². The number of nitrogens with one attached hydrogen (secondary N) is 1. The lowest BCUT2D eigenvalue weighted by Crippen LogP contribution is -2.31. The van der Waals surface area contributed by atoms with E-state index in [1.54, 1.807) is 13.2 Å². The molecule has 0 spiro atoms. The van der Waals surface area contributed by atoms with Gasteiger partial charge >= 0.3 is 0 Å². The number of benzene rings is 1. The number of nitrogens with zero attached hydrogens (tertiary/aromatic N) is 2. The summed E-state index contributed by atoms with van der Waals surface area (Å²) >= 11 is 0. The third-order valence-electron chi connectivity index (χ3n) is 3.37. The number of amidine groups is 1. The van der Waals surface area contributed by atoms with Gasteiger partial charge in [-0.25, -0.2) is 4.68 Å². The molecule has 22 heavy (non-hydrogen) atoms. The van der Waals surface area contributed by atoms with Gasteiger partial charge in [-0.1, -0.05) is 25.5 Å². The molecule has 0 aliphatic rings. The van der Waals surface area contributed by atoms with E-state index in [-0.39, 0.29) is 17.0 Å². The van der Waals surface area contributed by atoms with Gasteiger partial charge in [0.2, 0.25) is 0 Å². The second-order valence-corrected chi connectivity index (χ2v) is 4.94. The molecule has 1 aromatic carbocycles. The fourth-order valence-electron chi connectivity index (χ4n) is 2.18. The third-order valence-corrected chi connectivity index (χ3v) is 3.37. The summed E-state index contributed by atoms with van der Waals surface area (Å²) in [6, 6.07) is 8.96. The molecule has 3 N–H and O–H groups in total. The molecular formula is C16H20N4O2. The Morgan fingerprint density at radius 2 is 2.14 bits per heavy atom. The van der Waals surface area contributed by atoms with Crippen molar-refractivity contribution in [1.29, 1.82) is 5.41 Å². The van der Waals surface area contributed by atoms with Crippen molar-refractivity contribution in [2.24, 2.45) is 5.73 Å². The summed E-state index contributed by atoms with van der Waals surface area (Å²) in [6.07, 6.45) is 1.78. The van der Waals surface area contributed by atoms with Gasteiger partial charge in [-0.15, -0.1) is 0 Å². The Morgan fingerprint density at radius 3 is 2.77 bits per heavy atom. The van der Waals surface area contributed by atoms with E-state index in [2.05, 4.69) is 5.10 Å². The summed E-state index contributed by atoms with van der Waals surface area (Å²) in [6.45, 7) is 2.54. The number of nitrogen functional groups attached to an aromatic ring is 1. The molecule has 0 aliphatic carbocycles. The van der Waals surface area contributed by atoms with E-state index in [1.807, 2.05) is 31.2 Å². The zero-order valence-corrected chi connectivity index (χ0v) is 12.8. The van der Waals surface area contributed by atoms with Crippen LogP contribution in [0.5, 0.6) is 5.75 Å². The lowest BCUT2D eigenvalue weighted by Gasteiger charge is -2.12. The summed E-state index contributed by atoms with van der Waals surface area (Å²) in [5, 5.41) is 12.0. The molecule has 6 nitrogen and oxygen atoms in total. The number of rotatable bonds is 6. The van der Waals surface area contributed by atoms with Crippen LogP contribution in [0, 0.1) is 5.41 Å². The quantitative estimate of drug-likeness (QED) is 0.630. The van der Waals surface area contributed by atoms with E-state index < -0.39 is 0 Å². The molecule has 0 amide bonds. The maximum atomic E-state index is 12.3. The van der Waals surface area contributed by atoms with Gasteiger partial charge in [0, 0.05) is 12.1 Å². The maximum Gasteiger partial charge on any atom is 0.277 e. The molecule has 1 aromatic heterocycles. The molecule has 116 valence electrons. The first-order chi connectivity index (χ1) is 10.6. The normalized spacial score (nSPS) is 10.5. The van der Waals surface area contributed by atoms with Crippen molar-refractivity contribution in [3.63, 3.8) is 0 Å². The van der Waals surface area contributed by atoms with E-state index in [9.17, 15) is 4.79 Å². The number of para-hydroxylation sites is 1. The molecule has 0 bridgehead atoms. The van der Waals surface area contributed by atoms with Gasteiger partial charge in [-0.3, -0.25) is 10.2 Å². The molecule has 0 unspecified atom stereocenters. The Hall–Kier alpha value is -2.63. The van der Waals surface area contributed by atoms with Crippen LogP contribution in [-0.2, 0) is 6.54 Å². The van der Waals surface area contributed by atoms with E-state index in [0.717, 1.165) is 18.4 Å². The molecule has 6 heteroatoms. The molecule has 0 fully saturated rings. The molecule has 0 saturated heterocycles. The van der Waals surface area contributed by atoms with Crippen molar-refractivity contribution in [2.45, 2.75) is 26.3 Å². The molecule has 0 saturated carbocycles. The average Bonchev–Trinajstić information content (AvgIpc) is 2.53.